The number of aryl methyl sites for hydroxylation is 1. The molecule has 6 nitrogen and oxygen atoms in total. The lowest BCUT2D eigenvalue weighted by molar-refractivity contribution is 0.0954. The van der Waals surface area contributed by atoms with Crippen molar-refractivity contribution in [2.45, 2.75) is 37.5 Å². The molecule has 162 valence electrons. The number of hydrogen-bond donors (Lipinski definition) is 1. The number of benzene rings is 2. The quantitative estimate of drug-likeness (QED) is 0.732. The van der Waals surface area contributed by atoms with Gasteiger partial charge in [-0.25, -0.2) is 8.42 Å². The number of nitrogens with one attached hydrogen (secondary N) is 1. The van der Waals surface area contributed by atoms with E-state index in [1.165, 1.54) is 6.07 Å². The molecule has 0 spiro atoms. The Morgan fingerprint density at radius 2 is 1.70 bits per heavy atom. The van der Waals surface area contributed by atoms with Gasteiger partial charge in [-0.2, -0.15) is 4.31 Å². The van der Waals surface area contributed by atoms with Gasteiger partial charge in [0.2, 0.25) is 10.0 Å². The van der Waals surface area contributed by atoms with Crippen LogP contribution in [0.5, 0.6) is 0 Å². The van der Waals surface area contributed by atoms with Crippen LogP contribution in [0.1, 0.15) is 41.6 Å². The monoisotopic (exact) mass is 429 g/mol. The summed E-state index contributed by atoms with van der Waals surface area (Å²) < 4.78 is 27.9. The maximum absolute atomic E-state index is 13.2. The topological polar surface area (TPSA) is 69.7 Å². The molecule has 3 rings (SSSR count). The number of para-hydroxylation sites is 1. The van der Waals surface area contributed by atoms with Crippen LogP contribution >= 0.6 is 0 Å². The zero-order valence-electron chi connectivity index (χ0n) is 17.8. The lowest BCUT2D eigenvalue weighted by atomic mass is 10.1. The van der Waals surface area contributed by atoms with E-state index in [0.717, 1.165) is 31.4 Å². The number of sulfonamides is 1. The van der Waals surface area contributed by atoms with E-state index in [-0.39, 0.29) is 10.8 Å². The van der Waals surface area contributed by atoms with Gasteiger partial charge in [0, 0.05) is 44.5 Å². The van der Waals surface area contributed by atoms with E-state index in [0.29, 0.717) is 37.3 Å². The Morgan fingerprint density at radius 1 is 1.03 bits per heavy atom. The molecule has 0 unspecified atom stereocenters. The third-order valence-corrected chi connectivity index (χ3v) is 7.60. The Bertz CT molecular complexity index is 953. The molecule has 0 bridgehead atoms. The number of carbonyl (C=O) groups excluding carboxylic acids is 1. The Hall–Kier alpha value is -2.38. The fraction of sp³-hybridized carbons (Fsp3) is 0.435. The molecule has 2 aromatic rings. The van der Waals surface area contributed by atoms with Crippen molar-refractivity contribution in [3.63, 3.8) is 0 Å². The Morgan fingerprint density at radius 3 is 2.37 bits per heavy atom. The second-order valence-electron chi connectivity index (χ2n) is 7.81. The number of anilines is 1. The highest BCUT2D eigenvalue weighted by molar-refractivity contribution is 7.89. The lowest BCUT2D eigenvalue weighted by Gasteiger charge is -2.22. The normalized spacial score (nSPS) is 15.4. The van der Waals surface area contributed by atoms with Crippen LogP contribution in [0.15, 0.2) is 53.4 Å². The summed E-state index contributed by atoms with van der Waals surface area (Å²) in [4.78, 5) is 14.9. The van der Waals surface area contributed by atoms with Gasteiger partial charge in [-0.3, -0.25) is 4.79 Å². The maximum atomic E-state index is 13.2. The third-order valence-electron chi connectivity index (χ3n) is 5.56. The number of amides is 1. The molecule has 2 aromatic carbocycles. The van der Waals surface area contributed by atoms with Crippen LogP contribution in [0.2, 0.25) is 0 Å². The average Bonchev–Trinajstić information content (AvgIpc) is 3.04. The van der Waals surface area contributed by atoms with E-state index < -0.39 is 10.0 Å². The first kappa shape index (κ1) is 22.3. The van der Waals surface area contributed by atoms with Gasteiger partial charge in [-0.1, -0.05) is 37.1 Å². The van der Waals surface area contributed by atoms with Crippen molar-refractivity contribution in [1.29, 1.82) is 0 Å². The van der Waals surface area contributed by atoms with Gasteiger partial charge < -0.3 is 10.2 Å². The summed E-state index contributed by atoms with van der Waals surface area (Å²) in [5.41, 5.74) is 2.11. The summed E-state index contributed by atoms with van der Waals surface area (Å²) in [5.74, 6) is -0.260. The standard InChI is InChI=1S/C23H31N3O3S/c1-19-12-13-20(18-22(19)30(28,29)26-15-8-3-4-9-16-26)23(27)24-14-17-25(2)21-10-6-5-7-11-21/h5-7,10-13,18H,3-4,8-9,14-17H2,1-2H3,(H,24,27). The fourth-order valence-electron chi connectivity index (χ4n) is 3.69. The molecular formula is C23H31N3O3S. The van der Waals surface area contributed by atoms with Crippen LogP contribution < -0.4 is 10.2 Å². The van der Waals surface area contributed by atoms with Crippen molar-refractivity contribution in [2.24, 2.45) is 0 Å². The fourth-order valence-corrected chi connectivity index (χ4v) is 5.46. The van der Waals surface area contributed by atoms with Gasteiger partial charge >= 0.3 is 0 Å². The lowest BCUT2D eigenvalue weighted by Crippen LogP contribution is -2.34. The number of likely N-dealkylation sites (N-methyl/N-ethyl adjacent to an activating group) is 1. The summed E-state index contributed by atoms with van der Waals surface area (Å²) >= 11 is 0. The van der Waals surface area contributed by atoms with Gasteiger partial charge in [-0.15, -0.1) is 0 Å². The molecule has 1 aliphatic heterocycles. The minimum absolute atomic E-state index is 0.235. The summed E-state index contributed by atoms with van der Waals surface area (Å²) in [6.45, 7) is 3.99. The first-order valence-corrected chi connectivity index (χ1v) is 12.0. The highest BCUT2D eigenvalue weighted by atomic mass is 32.2. The number of hydrogen-bond acceptors (Lipinski definition) is 4. The highest BCUT2D eigenvalue weighted by Gasteiger charge is 2.27. The Labute approximate surface area is 179 Å². The summed E-state index contributed by atoms with van der Waals surface area (Å²) in [5, 5.41) is 2.90. The summed E-state index contributed by atoms with van der Waals surface area (Å²) in [6, 6.07) is 14.9. The van der Waals surface area contributed by atoms with E-state index in [1.54, 1.807) is 23.4 Å². The maximum Gasteiger partial charge on any atom is 0.251 e. The molecule has 0 radical (unpaired) electrons. The first-order chi connectivity index (χ1) is 14.4. The van der Waals surface area contributed by atoms with E-state index in [4.69, 9.17) is 0 Å². The third kappa shape index (κ3) is 5.40. The van der Waals surface area contributed by atoms with Gasteiger partial charge in [0.1, 0.15) is 0 Å². The Balaban J connectivity index is 1.67. The smallest absolute Gasteiger partial charge is 0.251 e. The van der Waals surface area contributed by atoms with Crippen molar-refractivity contribution in [1.82, 2.24) is 9.62 Å². The largest absolute Gasteiger partial charge is 0.373 e. The van der Waals surface area contributed by atoms with E-state index >= 15 is 0 Å². The van der Waals surface area contributed by atoms with E-state index in [9.17, 15) is 13.2 Å². The predicted molar refractivity (Wildman–Crippen MR) is 120 cm³/mol. The molecule has 1 amide bonds. The molecule has 1 aliphatic rings. The zero-order chi connectivity index (χ0) is 21.6. The van der Waals surface area contributed by atoms with Crippen molar-refractivity contribution in [3.8, 4) is 0 Å². The van der Waals surface area contributed by atoms with Crippen molar-refractivity contribution >= 4 is 21.6 Å². The zero-order valence-corrected chi connectivity index (χ0v) is 18.6. The van der Waals surface area contributed by atoms with Gasteiger partial charge in [0.05, 0.1) is 4.90 Å². The molecule has 0 saturated carbocycles. The van der Waals surface area contributed by atoms with E-state index in [1.807, 2.05) is 37.4 Å². The number of rotatable bonds is 7. The van der Waals surface area contributed by atoms with E-state index in [2.05, 4.69) is 10.2 Å². The van der Waals surface area contributed by atoms with Crippen LogP contribution in [0, 0.1) is 6.92 Å². The second-order valence-corrected chi connectivity index (χ2v) is 9.72. The summed E-state index contributed by atoms with van der Waals surface area (Å²) in [7, 11) is -1.63. The van der Waals surface area contributed by atoms with Crippen LogP contribution in [-0.2, 0) is 10.0 Å². The number of carbonyl (C=O) groups is 1. The minimum Gasteiger partial charge on any atom is -0.373 e. The van der Waals surface area contributed by atoms with Crippen molar-refractivity contribution in [3.05, 3.63) is 59.7 Å². The van der Waals surface area contributed by atoms with Gasteiger partial charge in [0.15, 0.2) is 0 Å². The molecule has 0 aliphatic carbocycles. The molecular weight excluding hydrogens is 398 g/mol. The van der Waals surface area contributed by atoms with Crippen LogP contribution in [0.25, 0.3) is 0 Å². The van der Waals surface area contributed by atoms with Crippen LogP contribution in [0.4, 0.5) is 5.69 Å². The molecule has 1 heterocycles. The molecule has 0 atom stereocenters. The number of nitrogens with zero attached hydrogens (tertiary/aromatic N) is 2. The minimum atomic E-state index is -3.60. The van der Waals surface area contributed by atoms with Crippen LogP contribution in [-0.4, -0.2) is 51.9 Å². The Kier molecular flexibility index (Phi) is 7.50. The average molecular weight is 430 g/mol. The second kappa shape index (κ2) is 10.1. The van der Waals surface area contributed by atoms with Crippen molar-refractivity contribution < 1.29 is 13.2 Å². The molecule has 30 heavy (non-hydrogen) atoms. The van der Waals surface area contributed by atoms with Gasteiger partial charge in [0.25, 0.3) is 5.91 Å². The van der Waals surface area contributed by atoms with Gasteiger partial charge in [-0.05, 0) is 49.6 Å². The highest BCUT2D eigenvalue weighted by Crippen LogP contribution is 2.24. The molecule has 0 aromatic heterocycles. The molecule has 7 heteroatoms. The molecule has 1 N–H and O–H groups in total. The SMILES string of the molecule is Cc1ccc(C(=O)NCCN(C)c2ccccc2)cc1S(=O)(=O)N1CCCCCC1. The van der Waals surface area contributed by atoms with Crippen molar-refractivity contribution in [2.75, 3.05) is 38.1 Å². The molecule has 1 fully saturated rings. The van der Waals surface area contributed by atoms with Crippen LogP contribution in [0.3, 0.4) is 0 Å². The molecule has 1 saturated heterocycles. The first-order valence-electron chi connectivity index (χ1n) is 10.5. The summed E-state index contributed by atoms with van der Waals surface area (Å²) in [6.07, 6.45) is 3.89. The predicted octanol–water partition coefficient (Wildman–Crippen LogP) is 3.43.